The molecule has 0 fully saturated rings. The smallest absolute Gasteiger partial charge is 0.287 e. The minimum absolute atomic E-state index is 0.213. The van der Waals surface area contributed by atoms with Crippen molar-refractivity contribution in [2.24, 2.45) is 0 Å². The first-order valence-corrected chi connectivity index (χ1v) is 6.60. The summed E-state index contributed by atoms with van der Waals surface area (Å²) in [5, 5.41) is 3.50. The first-order chi connectivity index (χ1) is 8.65. The van der Waals surface area contributed by atoms with E-state index < -0.39 is 0 Å². The Kier molecular flexibility index (Phi) is 4.44. The van der Waals surface area contributed by atoms with Gasteiger partial charge in [0.2, 0.25) is 0 Å². The van der Waals surface area contributed by atoms with Gasteiger partial charge in [-0.05, 0) is 52.2 Å². The molecule has 1 amide bonds. The average Bonchev–Trinajstić information content (AvgIpc) is 2.78. The molecule has 5 heteroatoms. The lowest BCUT2D eigenvalue weighted by molar-refractivity contribution is 0.0925. The van der Waals surface area contributed by atoms with Gasteiger partial charge in [-0.1, -0.05) is 23.7 Å². The van der Waals surface area contributed by atoms with E-state index >= 15 is 0 Å². The Balaban J connectivity index is 1.82. The second kappa shape index (κ2) is 6.07. The average molecular weight is 329 g/mol. The van der Waals surface area contributed by atoms with Gasteiger partial charge in [0.15, 0.2) is 10.4 Å². The largest absolute Gasteiger partial charge is 0.444 e. The maximum absolute atomic E-state index is 11.7. The molecule has 0 aliphatic carbocycles. The molecule has 0 saturated carbocycles. The topological polar surface area (TPSA) is 42.2 Å². The number of carbonyl (C=O) groups excluding carboxylic acids is 1. The lowest BCUT2D eigenvalue weighted by atomic mass is 10.1. The monoisotopic (exact) mass is 327 g/mol. The van der Waals surface area contributed by atoms with Gasteiger partial charge in [0.25, 0.3) is 5.91 Å². The summed E-state index contributed by atoms with van der Waals surface area (Å²) in [4.78, 5) is 11.7. The van der Waals surface area contributed by atoms with Crippen LogP contribution in [0.1, 0.15) is 16.1 Å². The number of carbonyl (C=O) groups is 1. The van der Waals surface area contributed by atoms with Crippen molar-refractivity contribution in [3.8, 4) is 0 Å². The van der Waals surface area contributed by atoms with E-state index in [9.17, 15) is 4.79 Å². The van der Waals surface area contributed by atoms with Crippen LogP contribution in [0.25, 0.3) is 0 Å². The van der Waals surface area contributed by atoms with Crippen LogP contribution in [0, 0.1) is 0 Å². The molecule has 3 nitrogen and oxygen atoms in total. The molecule has 0 aliphatic rings. The van der Waals surface area contributed by atoms with E-state index in [4.69, 9.17) is 16.0 Å². The van der Waals surface area contributed by atoms with Crippen LogP contribution in [0.3, 0.4) is 0 Å². The molecule has 18 heavy (non-hydrogen) atoms. The highest BCUT2D eigenvalue weighted by Crippen LogP contribution is 2.14. The minimum atomic E-state index is -0.213. The van der Waals surface area contributed by atoms with Gasteiger partial charge >= 0.3 is 0 Å². The van der Waals surface area contributed by atoms with Crippen molar-refractivity contribution in [2.75, 3.05) is 6.54 Å². The molecule has 94 valence electrons. The Morgan fingerprint density at radius 3 is 2.56 bits per heavy atom. The molecule has 0 unspecified atom stereocenters. The predicted octanol–water partition coefficient (Wildman–Crippen LogP) is 3.67. The third kappa shape index (κ3) is 3.62. The number of halogens is 2. The summed E-state index contributed by atoms with van der Waals surface area (Å²) in [5.41, 5.74) is 1.13. The number of amides is 1. The molecule has 0 aliphatic heterocycles. The predicted molar refractivity (Wildman–Crippen MR) is 73.9 cm³/mol. The highest BCUT2D eigenvalue weighted by atomic mass is 79.9. The highest BCUT2D eigenvalue weighted by molar-refractivity contribution is 9.10. The molecule has 2 rings (SSSR count). The summed E-state index contributed by atoms with van der Waals surface area (Å²) in [6.07, 6.45) is 0.755. The molecular weight excluding hydrogens is 318 g/mol. The zero-order chi connectivity index (χ0) is 13.0. The second-order valence-electron chi connectivity index (χ2n) is 3.74. The van der Waals surface area contributed by atoms with Gasteiger partial charge in [0, 0.05) is 11.6 Å². The standard InChI is InChI=1S/C13H11BrClNO2/c14-12-6-5-11(18-12)13(17)16-8-7-9-1-3-10(15)4-2-9/h1-6H,7-8H2,(H,16,17). The van der Waals surface area contributed by atoms with Crippen molar-refractivity contribution in [1.82, 2.24) is 5.32 Å². The number of rotatable bonds is 4. The summed E-state index contributed by atoms with van der Waals surface area (Å²) in [7, 11) is 0. The molecule has 1 N–H and O–H groups in total. The lowest BCUT2D eigenvalue weighted by Crippen LogP contribution is -2.25. The van der Waals surface area contributed by atoms with Crippen molar-refractivity contribution in [1.29, 1.82) is 0 Å². The van der Waals surface area contributed by atoms with Gasteiger partial charge in [0.05, 0.1) is 0 Å². The van der Waals surface area contributed by atoms with Crippen LogP contribution in [0.4, 0.5) is 0 Å². The van der Waals surface area contributed by atoms with Crippen LogP contribution in [-0.4, -0.2) is 12.5 Å². The van der Waals surface area contributed by atoms with Crippen LogP contribution in [0.15, 0.2) is 45.5 Å². The summed E-state index contributed by atoms with van der Waals surface area (Å²) >= 11 is 8.94. The summed E-state index contributed by atoms with van der Waals surface area (Å²) in [6, 6.07) is 10.9. The van der Waals surface area contributed by atoms with Crippen molar-refractivity contribution in [3.05, 3.63) is 57.4 Å². The van der Waals surface area contributed by atoms with Crippen LogP contribution < -0.4 is 5.32 Å². The number of hydrogen-bond donors (Lipinski definition) is 1. The van der Waals surface area contributed by atoms with Gasteiger partial charge in [-0.3, -0.25) is 4.79 Å². The summed E-state index contributed by atoms with van der Waals surface area (Å²) in [6.45, 7) is 0.554. The maximum Gasteiger partial charge on any atom is 0.287 e. The SMILES string of the molecule is O=C(NCCc1ccc(Cl)cc1)c1ccc(Br)o1. The van der Waals surface area contributed by atoms with Crippen LogP contribution in [0.2, 0.25) is 5.02 Å². The second-order valence-corrected chi connectivity index (χ2v) is 4.95. The minimum Gasteiger partial charge on any atom is -0.444 e. The van der Waals surface area contributed by atoms with Crippen molar-refractivity contribution in [3.63, 3.8) is 0 Å². The fourth-order valence-electron chi connectivity index (χ4n) is 1.49. The van der Waals surface area contributed by atoms with Gasteiger partial charge in [-0.25, -0.2) is 0 Å². The lowest BCUT2D eigenvalue weighted by Gasteiger charge is -2.03. The van der Waals surface area contributed by atoms with E-state index in [1.165, 1.54) is 0 Å². The van der Waals surface area contributed by atoms with E-state index in [1.807, 2.05) is 24.3 Å². The van der Waals surface area contributed by atoms with Crippen LogP contribution >= 0.6 is 27.5 Å². The van der Waals surface area contributed by atoms with Crippen LogP contribution in [0.5, 0.6) is 0 Å². The third-order valence-corrected chi connectivity index (χ3v) is 3.09. The van der Waals surface area contributed by atoms with Crippen molar-refractivity contribution < 1.29 is 9.21 Å². The van der Waals surface area contributed by atoms with E-state index in [0.717, 1.165) is 12.0 Å². The number of furan rings is 1. The Morgan fingerprint density at radius 2 is 1.94 bits per heavy atom. The third-order valence-electron chi connectivity index (χ3n) is 2.41. The fourth-order valence-corrected chi connectivity index (χ4v) is 1.93. The first kappa shape index (κ1) is 13.2. The van der Waals surface area contributed by atoms with E-state index in [0.29, 0.717) is 22.0 Å². The highest BCUT2D eigenvalue weighted by Gasteiger charge is 2.09. The molecule has 0 bridgehead atoms. The molecule has 1 aromatic heterocycles. The van der Waals surface area contributed by atoms with E-state index in [1.54, 1.807) is 12.1 Å². The summed E-state index contributed by atoms with van der Waals surface area (Å²) < 4.78 is 5.70. The van der Waals surface area contributed by atoms with Gasteiger partial charge in [-0.15, -0.1) is 0 Å². The molecule has 2 aromatic rings. The van der Waals surface area contributed by atoms with E-state index in [-0.39, 0.29) is 5.91 Å². The fraction of sp³-hybridized carbons (Fsp3) is 0.154. The molecular formula is C13H11BrClNO2. The maximum atomic E-state index is 11.7. The molecule has 1 heterocycles. The quantitative estimate of drug-likeness (QED) is 0.930. The zero-order valence-electron chi connectivity index (χ0n) is 9.45. The molecule has 0 atom stereocenters. The van der Waals surface area contributed by atoms with Crippen molar-refractivity contribution >= 4 is 33.4 Å². The van der Waals surface area contributed by atoms with Gasteiger partial charge < -0.3 is 9.73 Å². The molecule has 1 aromatic carbocycles. The number of nitrogens with one attached hydrogen (secondary N) is 1. The van der Waals surface area contributed by atoms with Crippen LogP contribution in [-0.2, 0) is 6.42 Å². The Morgan fingerprint density at radius 1 is 1.22 bits per heavy atom. The zero-order valence-corrected chi connectivity index (χ0v) is 11.8. The van der Waals surface area contributed by atoms with Crippen molar-refractivity contribution in [2.45, 2.75) is 6.42 Å². The van der Waals surface area contributed by atoms with E-state index in [2.05, 4.69) is 21.2 Å². The first-order valence-electron chi connectivity index (χ1n) is 5.43. The normalized spacial score (nSPS) is 10.3. The number of benzene rings is 1. The number of hydrogen-bond acceptors (Lipinski definition) is 2. The molecule has 0 radical (unpaired) electrons. The van der Waals surface area contributed by atoms with Gasteiger partial charge in [0.1, 0.15) is 0 Å². The Bertz CT molecular complexity index is 536. The Hall–Kier alpha value is -1.26. The van der Waals surface area contributed by atoms with Gasteiger partial charge in [-0.2, -0.15) is 0 Å². The molecule has 0 spiro atoms. The summed E-state index contributed by atoms with van der Waals surface area (Å²) in [5.74, 6) is 0.0904. The Labute approximate surface area is 118 Å². The molecule has 0 saturated heterocycles.